The number of nitrogens with zero attached hydrogens (tertiary/aromatic N) is 1. The van der Waals surface area contributed by atoms with Gasteiger partial charge < -0.3 is 16.0 Å². The van der Waals surface area contributed by atoms with Crippen molar-refractivity contribution in [3.8, 4) is 0 Å². The van der Waals surface area contributed by atoms with E-state index in [1.54, 1.807) is 0 Å². The molecule has 0 unspecified atom stereocenters. The van der Waals surface area contributed by atoms with Gasteiger partial charge in [-0.25, -0.2) is 4.98 Å². The van der Waals surface area contributed by atoms with Crippen LogP contribution in [0.5, 0.6) is 0 Å². The van der Waals surface area contributed by atoms with Gasteiger partial charge in [-0.05, 0) is 26.7 Å². The highest BCUT2D eigenvalue weighted by molar-refractivity contribution is 6.05. The fourth-order valence-electron chi connectivity index (χ4n) is 2.64. The number of hydrogen-bond donors (Lipinski definition) is 3. The van der Waals surface area contributed by atoms with Gasteiger partial charge in [0.15, 0.2) is 11.7 Å². The number of imidazole rings is 1. The summed E-state index contributed by atoms with van der Waals surface area (Å²) < 4.78 is 0. The molecule has 0 saturated carbocycles. The number of H-pyrrole nitrogens is 1. The molecule has 0 saturated heterocycles. The zero-order valence-corrected chi connectivity index (χ0v) is 10.1. The number of nitrogen functional groups attached to an aromatic ring is 1. The highest BCUT2D eigenvalue weighted by Crippen LogP contribution is 2.35. The second-order valence-corrected chi connectivity index (χ2v) is 5.41. The zero-order valence-electron chi connectivity index (χ0n) is 10.1. The third-order valence-electron chi connectivity index (χ3n) is 3.36. The average molecular weight is 232 g/mol. The number of anilines is 1. The van der Waals surface area contributed by atoms with Crippen molar-refractivity contribution in [2.45, 2.75) is 38.6 Å². The Bertz CT molecular complexity index is 539. The summed E-state index contributed by atoms with van der Waals surface area (Å²) in [7, 11) is 0. The second kappa shape index (κ2) is 3.12. The molecule has 17 heavy (non-hydrogen) atoms. The van der Waals surface area contributed by atoms with Gasteiger partial charge in [-0.15, -0.1) is 0 Å². The van der Waals surface area contributed by atoms with Crippen LogP contribution in [-0.2, 0) is 11.2 Å². The number of nitrogens with one attached hydrogen (secondary N) is 2. The molecule has 0 aromatic carbocycles. The highest BCUT2D eigenvalue weighted by Gasteiger charge is 2.36. The Kier molecular flexibility index (Phi) is 1.91. The molecule has 0 bridgehead atoms. The lowest BCUT2D eigenvalue weighted by Crippen LogP contribution is -2.45. The summed E-state index contributed by atoms with van der Waals surface area (Å²) in [5, 5.41) is 3.42. The van der Waals surface area contributed by atoms with Crippen molar-refractivity contribution in [2.75, 3.05) is 5.73 Å². The van der Waals surface area contributed by atoms with E-state index in [2.05, 4.69) is 15.3 Å². The van der Waals surface area contributed by atoms with E-state index in [0.717, 1.165) is 35.5 Å². The summed E-state index contributed by atoms with van der Waals surface area (Å²) in [6.07, 6.45) is 2.12. The molecule has 0 fully saturated rings. The van der Waals surface area contributed by atoms with Gasteiger partial charge in [-0.3, -0.25) is 4.79 Å². The van der Waals surface area contributed by atoms with Crippen molar-refractivity contribution < 1.29 is 4.79 Å². The van der Waals surface area contributed by atoms with E-state index in [0.29, 0.717) is 12.4 Å². The largest absolute Gasteiger partial charge is 0.378 e. The third-order valence-corrected chi connectivity index (χ3v) is 3.36. The first kappa shape index (κ1) is 10.4. The Balaban J connectivity index is 2.15. The summed E-state index contributed by atoms with van der Waals surface area (Å²) in [5.74, 6) is 0.650. The van der Waals surface area contributed by atoms with Crippen LogP contribution in [0.3, 0.4) is 0 Å². The number of aryl methyl sites for hydroxylation is 1. The number of carbonyl (C=O) groups is 1. The molecule has 2 heterocycles. The molecule has 5 nitrogen and oxygen atoms in total. The lowest BCUT2D eigenvalue weighted by Gasteiger charge is -2.35. The molecular formula is C12H16N4O. The Hall–Kier alpha value is -1.78. The monoisotopic (exact) mass is 232 g/mol. The number of fused-ring (bicyclic) bond motifs is 2. The lowest BCUT2D eigenvalue weighted by atomic mass is 9.83. The predicted octanol–water partition coefficient (Wildman–Crippen LogP) is 0.990. The van der Waals surface area contributed by atoms with Crippen LogP contribution in [0.15, 0.2) is 5.57 Å². The minimum absolute atomic E-state index is 0.210. The first-order chi connectivity index (χ1) is 7.96. The minimum Gasteiger partial charge on any atom is -0.378 e. The molecule has 1 aliphatic carbocycles. The van der Waals surface area contributed by atoms with E-state index in [9.17, 15) is 4.79 Å². The molecule has 90 valence electrons. The standard InChI is InChI=1S/C12H16N4O/c1-12(2)5-8(17)6-3-4-7-10(9(6)16-12)15-11(13)14-7/h16H,3-5H2,1-2H3,(H3,13,14,15). The fourth-order valence-corrected chi connectivity index (χ4v) is 2.64. The molecule has 4 N–H and O–H groups in total. The van der Waals surface area contributed by atoms with Crippen molar-refractivity contribution in [1.29, 1.82) is 0 Å². The molecule has 0 radical (unpaired) electrons. The molecule has 1 aromatic rings. The number of allylic oxidation sites excluding steroid dienone is 1. The topological polar surface area (TPSA) is 83.8 Å². The number of carbonyl (C=O) groups excluding carboxylic acids is 1. The molecular weight excluding hydrogens is 216 g/mol. The van der Waals surface area contributed by atoms with Crippen molar-refractivity contribution in [3.05, 3.63) is 17.0 Å². The number of nitrogens with two attached hydrogens (primary N) is 1. The maximum absolute atomic E-state index is 12.1. The molecule has 0 amide bonds. The number of rotatable bonds is 0. The van der Waals surface area contributed by atoms with Gasteiger partial charge in [0, 0.05) is 23.2 Å². The van der Waals surface area contributed by atoms with Gasteiger partial charge in [0.1, 0.15) is 5.69 Å². The molecule has 1 aliphatic heterocycles. The Morgan fingerprint density at radius 2 is 2.12 bits per heavy atom. The summed E-state index contributed by atoms with van der Waals surface area (Å²) in [6.45, 7) is 4.05. The van der Waals surface area contributed by atoms with E-state index in [4.69, 9.17) is 5.73 Å². The molecule has 0 atom stereocenters. The second-order valence-electron chi connectivity index (χ2n) is 5.41. The Morgan fingerprint density at radius 1 is 1.35 bits per heavy atom. The Morgan fingerprint density at radius 3 is 2.88 bits per heavy atom. The lowest BCUT2D eigenvalue weighted by molar-refractivity contribution is -0.117. The number of aromatic nitrogens is 2. The van der Waals surface area contributed by atoms with E-state index in [1.165, 1.54) is 0 Å². The third kappa shape index (κ3) is 1.53. The molecule has 0 spiro atoms. The minimum atomic E-state index is -0.210. The van der Waals surface area contributed by atoms with Crippen LogP contribution in [0.4, 0.5) is 5.95 Å². The smallest absolute Gasteiger partial charge is 0.198 e. The van der Waals surface area contributed by atoms with Crippen molar-refractivity contribution >= 4 is 17.4 Å². The van der Waals surface area contributed by atoms with Gasteiger partial charge in [-0.1, -0.05) is 0 Å². The summed E-state index contributed by atoms with van der Waals surface area (Å²) in [5.41, 5.74) is 9.07. The predicted molar refractivity (Wildman–Crippen MR) is 65.1 cm³/mol. The van der Waals surface area contributed by atoms with Gasteiger partial charge in [0.25, 0.3) is 0 Å². The average Bonchev–Trinajstić information content (AvgIpc) is 2.57. The van der Waals surface area contributed by atoms with Gasteiger partial charge in [0.2, 0.25) is 0 Å². The number of hydrogen-bond acceptors (Lipinski definition) is 4. The van der Waals surface area contributed by atoms with E-state index < -0.39 is 0 Å². The van der Waals surface area contributed by atoms with E-state index in [1.807, 2.05) is 13.8 Å². The molecule has 3 rings (SSSR count). The SMILES string of the molecule is CC1(C)CC(=O)C2=C(N1)c1nc(N)[nH]c1CC2. The number of Topliss-reactive ketones (excluding diaryl/α,β-unsaturated/α-hetero) is 1. The fraction of sp³-hybridized carbons (Fsp3) is 0.500. The molecule has 1 aromatic heterocycles. The summed E-state index contributed by atoms with van der Waals surface area (Å²) >= 11 is 0. The van der Waals surface area contributed by atoms with Gasteiger partial charge >= 0.3 is 0 Å². The maximum Gasteiger partial charge on any atom is 0.198 e. The van der Waals surface area contributed by atoms with Crippen LogP contribution in [0.1, 0.15) is 38.1 Å². The van der Waals surface area contributed by atoms with Crippen molar-refractivity contribution in [1.82, 2.24) is 15.3 Å². The van der Waals surface area contributed by atoms with Crippen LogP contribution >= 0.6 is 0 Å². The number of ketones is 1. The van der Waals surface area contributed by atoms with Crippen LogP contribution in [-0.4, -0.2) is 21.3 Å². The summed E-state index contributed by atoms with van der Waals surface area (Å²) in [6, 6.07) is 0. The molecule has 5 heteroatoms. The van der Waals surface area contributed by atoms with E-state index >= 15 is 0 Å². The first-order valence-electron chi connectivity index (χ1n) is 5.85. The molecule has 2 aliphatic rings. The first-order valence-corrected chi connectivity index (χ1v) is 5.85. The normalized spacial score (nSPS) is 21.9. The maximum atomic E-state index is 12.1. The van der Waals surface area contributed by atoms with Crippen LogP contribution in [0.2, 0.25) is 0 Å². The van der Waals surface area contributed by atoms with Crippen molar-refractivity contribution in [2.24, 2.45) is 0 Å². The van der Waals surface area contributed by atoms with Crippen LogP contribution in [0.25, 0.3) is 5.70 Å². The Labute approximate surface area is 99.5 Å². The van der Waals surface area contributed by atoms with Crippen LogP contribution < -0.4 is 11.1 Å². The van der Waals surface area contributed by atoms with Crippen LogP contribution in [0, 0.1) is 0 Å². The highest BCUT2D eigenvalue weighted by atomic mass is 16.1. The van der Waals surface area contributed by atoms with Gasteiger partial charge in [0.05, 0.1) is 5.70 Å². The van der Waals surface area contributed by atoms with E-state index in [-0.39, 0.29) is 11.3 Å². The number of aromatic amines is 1. The zero-order chi connectivity index (χ0) is 12.2. The quantitative estimate of drug-likeness (QED) is 0.623. The van der Waals surface area contributed by atoms with Gasteiger partial charge in [-0.2, -0.15) is 0 Å². The summed E-state index contributed by atoms with van der Waals surface area (Å²) in [4.78, 5) is 19.4. The van der Waals surface area contributed by atoms with Crippen molar-refractivity contribution in [3.63, 3.8) is 0 Å².